The van der Waals surface area contributed by atoms with Crippen molar-refractivity contribution in [2.75, 3.05) is 0 Å². The highest BCUT2D eigenvalue weighted by Gasteiger charge is 2.18. The predicted molar refractivity (Wildman–Crippen MR) is 59.5 cm³/mol. The van der Waals surface area contributed by atoms with Crippen LogP contribution in [0.25, 0.3) is 0 Å². The van der Waals surface area contributed by atoms with Crippen molar-refractivity contribution in [2.24, 2.45) is 11.3 Å². The molecule has 0 rings (SSSR count). The summed E-state index contributed by atoms with van der Waals surface area (Å²) in [5, 5.41) is 0. The van der Waals surface area contributed by atoms with E-state index in [1.54, 1.807) is 0 Å². The molecule has 0 aromatic heterocycles. The van der Waals surface area contributed by atoms with Crippen molar-refractivity contribution >= 4 is 0 Å². The quantitative estimate of drug-likeness (QED) is 0.569. The molecule has 0 radical (unpaired) electrons. The summed E-state index contributed by atoms with van der Waals surface area (Å²) in [6.07, 6.45) is 4.11. The monoisotopic (exact) mass is 172 g/mol. The summed E-state index contributed by atoms with van der Waals surface area (Å²) in [7, 11) is 0. The maximum atomic E-state index is 2.36. The Balaban J connectivity index is 0. The molecule has 1 unspecified atom stereocenters. The predicted octanol–water partition coefficient (Wildman–Crippen LogP) is 4.89. The summed E-state index contributed by atoms with van der Waals surface area (Å²) in [6, 6.07) is 0. The van der Waals surface area contributed by atoms with E-state index in [2.05, 4.69) is 34.6 Å². The fraction of sp³-hybridized carbons (Fsp3) is 1.00. The molecule has 0 aromatic carbocycles. The van der Waals surface area contributed by atoms with Crippen LogP contribution in [-0.4, -0.2) is 0 Å². The summed E-state index contributed by atoms with van der Waals surface area (Å²) < 4.78 is 0. The summed E-state index contributed by atoms with van der Waals surface area (Å²) >= 11 is 0. The first-order chi connectivity index (χ1) is 5.48. The van der Waals surface area contributed by atoms with Crippen molar-refractivity contribution in [3.8, 4) is 0 Å². The van der Waals surface area contributed by atoms with Gasteiger partial charge in [0.15, 0.2) is 0 Å². The Morgan fingerprint density at radius 1 is 1.08 bits per heavy atom. The molecule has 0 heteroatoms. The van der Waals surface area contributed by atoms with Crippen molar-refractivity contribution in [1.82, 2.24) is 0 Å². The van der Waals surface area contributed by atoms with Crippen LogP contribution in [0.4, 0.5) is 0 Å². The van der Waals surface area contributed by atoms with Gasteiger partial charge in [0.05, 0.1) is 0 Å². The molecular weight excluding hydrogens is 144 g/mol. The molecule has 0 N–H and O–H groups in total. The molecule has 0 saturated heterocycles. The van der Waals surface area contributed by atoms with E-state index in [0.717, 1.165) is 5.92 Å². The van der Waals surface area contributed by atoms with Crippen LogP contribution in [0.15, 0.2) is 0 Å². The van der Waals surface area contributed by atoms with Crippen LogP contribution < -0.4 is 0 Å². The average molecular weight is 172 g/mol. The first kappa shape index (κ1) is 14.5. The van der Waals surface area contributed by atoms with Crippen LogP contribution in [0.5, 0.6) is 0 Å². The molecule has 12 heavy (non-hydrogen) atoms. The largest absolute Gasteiger partial charge is 0.0683 e. The molecule has 0 heterocycles. The zero-order valence-corrected chi connectivity index (χ0v) is 10.2. The maximum Gasteiger partial charge on any atom is -0.0357 e. The summed E-state index contributed by atoms with van der Waals surface area (Å²) in [4.78, 5) is 0. The molecule has 0 aliphatic heterocycles. The van der Waals surface area contributed by atoms with Crippen molar-refractivity contribution in [3.05, 3.63) is 0 Å². The molecule has 0 fully saturated rings. The molecule has 0 amide bonds. The van der Waals surface area contributed by atoms with Crippen molar-refractivity contribution in [1.29, 1.82) is 0 Å². The van der Waals surface area contributed by atoms with Crippen molar-refractivity contribution < 1.29 is 0 Å². The molecule has 0 aliphatic carbocycles. The maximum absolute atomic E-state index is 2.36. The highest BCUT2D eigenvalue weighted by molar-refractivity contribution is 4.69. The standard InChI is InChI=1S/C10H22.C2H6/c1-6-7-8-9(2)10(3,4)5;1-2/h9H,6-8H2,1-5H3;1-2H3. The Kier molecular flexibility index (Phi) is 9.24. The summed E-state index contributed by atoms with van der Waals surface area (Å²) in [6.45, 7) is 15.6. The van der Waals surface area contributed by atoms with Gasteiger partial charge in [-0.15, -0.1) is 0 Å². The third-order valence-electron chi connectivity index (χ3n) is 2.47. The van der Waals surface area contributed by atoms with E-state index >= 15 is 0 Å². The molecular formula is C12H28. The lowest BCUT2D eigenvalue weighted by Crippen LogP contribution is -2.16. The van der Waals surface area contributed by atoms with E-state index in [0.29, 0.717) is 5.41 Å². The van der Waals surface area contributed by atoms with Crippen LogP contribution in [0.3, 0.4) is 0 Å². The van der Waals surface area contributed by atoms with Gasteiger partial charge in [-0.2, -0.15) is 0 Å². The second kappa shape index (κ2) is 7.64. The third kappa shape index (κ3) is 8.10. The van der Waals surface area contributed by atoms with Crippen molar-refractivity contribution in [2.45, 2.75) is 67.7 Å². The fourth-order valence-corrected chi connectivity index (χ4v) is 0.943. The van der Waals surface area contributed by atoms with Gasteiger partial charge in [-0.05, 0) is 11.3 Å². The Hall–Kier alpha value is 0. The third-order valence-corrected chi connectivity index (χ3v) is 2.47. The van der Waals surface area contributed by atoms with Crippen LogP contribution in [0.1, 0.15) is 67.7 Å². The lowest BCUT2D eigenvalue weighted by molar-refractivity contribution is 0.242. The molecule has 0 saturated carbocycles. The molecule has 0 nitrogen and oxygen atoms in total. The van der Waals surface area contributed by atoms with E-state index in [1.807, 2.05) is 13.8 Å². The topological polar surface area (TPSA) is 0 Å². The minimum atomic E-state index is 0.509. The van der Waals surface area contributed by atoms with Gasteiger partial charge >= 0.3 is 0 Å². The van der Waals surface area contributed by atoms with Crippen LogP contribution in [-0.2, 0) is 0 Å². The van der Waals surface area contributed by atoms with Gasteiger partial charge < -0.3 is 0 Å². The lowest BCUT2D eigenvalue weighted by atomic mass is 9.79. The van der Waals surface area contributed by atoms with E-state index in [9.17, 15) is 0 Å². The molecule has 0 aromatic rings. The second-order valence-corrected chi connectivity index (χ2v) is 4.41. The van der Waals surface area contributed by atoms with Gasteiger partial charge in [0.1, 0.15) is 0 Å². The average Bonchev–Trinajstić information content (AvgIpc) is 2.02. The van der Waals surface area contributed by atoms with E-state index in [1.165, 1.54) is 19.3 Å². The lowest BCUT2D eigenvalue weighted by Gasteiger charge is -2.26. The van der Waals surface area contributed by atoms with Crippen LogP contribution in [0.2, 0.25) is 0 Å². The van der Waals surface area contributed by atoms with Crippen LogP contribution in [0, 0.1) is 11.3 Å². The first-order valence-corrected chi connectivity index (χ1v) is 5.48. The van der Waals surface area contributed by atoms with Crippen LogP contribution >= 0.6 is 0 Å². The summed E-state index contributed by atoms with van der Waals surface area (Å²) in [5.41, 5.74) is 0.509. The highest BCUT2D eigenvalue weighted by atomic mass is 14.2. The molecule has 76 valence electrons. The Bertz CT molecular complexity index is 76.5. The van der Waals surface area contributed by atoms with E-state index < -0.39 is 0 Å². The molecule has 0 aliphatic rings. The molecule has 0 bridgehead atoms. The number of rotatable bonds is 3. The van der Waals surface area contributed by atoms with E-state index in [4.69, 9.17) is 0 Å². The number of hydrogen-bond acceptors (Lipinski definition) is 0. The smallest absolute Gasteiger partial charge is 0.0357 e. The zero-order chi connectivity index (χ0) is 10.2. The Labute approximate surface area is 79.8 Å². The van der Waals surface area contributed by atoms with Gasteiger partial charge in [0.2, 0.25) is 0 Å². The number of hydrogen-bond donors (Lipinski definition) is 0. The highest BCUT2D eigenvalue weighted by Crippen LogP contribution is 2.29. The number of unbranched alkanes of at least 4 members (excludes halogenated alkanes) is 1. The Morgan fingerprint density at radius 3 is 1.75 bits per heavy atom. The Morgan fingerprint density at radius 2 is 1.50 bits per heavy atom. The van der Waals surface area contributed by atoms with Crippen molar-refractivity contribution in [3.63, 3.8) is 0 Å². The van der Waals surface area contributed by atoms with Gasteiger partial charge in [0, 0.05) is 0 Å². The normalized spacial score (nSPS) is 13.2. The first-order valence-electron chi connectivity index (χ1n) is 5.48. The second-order valence-electron chi connectivity index (χ2n) is 4.41. The summed E-state index contributed by atoms with van der Waals surface area (Å²) in [5.74, 6) is 0.868. The molecule has 0 spiro atoms. The zero-order valence-electron chi connectivity index (χ0n) is 10.2. The van der Waals surface area contributed by atoms with Gasteiger partial charge in [0.25, 0.3) is 0 Å². The SMILES string of the molecule is CC.CCCCC(C)C(C)(C)C. The minimum absolute atomic E-state index is 0.509. The van der Waals surface area contributed by atoms with Gasteiger partial charge in [-0.25, -0.2) is 0 Å². The van der Waals surface area contributed by atoms with E-state index in [-0.39, 0.29) is 0 Å². The minimum Gasteiger partial charge on any atom is -0.0683 e. The fourth-order valence-electron chi connectivity index (χ4n) is 0.943. The van der Waals surface area contributed by atoms with Gasteiger partial charge in [-0.3, -0.25) is 0 Å². The van der Waals surface area contributed by atoms with Gasteiger partial charge in [-0.1, -0.05) is 67.7 Å². The molecule has 1 atom stereocenters.